The third-order valence-electron chi connectivity index (χ3n) is 4.39. The number of aromatic nitrogens is 2. The standard InChI is InChI=1S/C18H25N3/c1-3-12-19-14(2)15-8-4-6-10-17(15)21-13-20-16-9-5-7-11-18(16)21/h4,6,8,10,13-14,19H,3,5,7,9,11-12H2,1-2H3. The maximum atomic E-state index is 4.64. The van der Waals surface area contributed by atoms with Gasteiger partial charge in [-0.1, -0.05) is 25.1 Å². The number of hydrogen-bond acceptors (Lipinski definition) is 2. The zero-order valence-electron chi connectivity index (χ0n) is 13.1. The molecule has 0 saturated heterocycles. The van der Waals surface area contributed by atoms with Crippen molar-refractivity contribution in [3.05, 3.63) is 47.5 Å². The van der Waals surface area contributed by atoms with Gasteiger partial charge in [0.15, 0.2) is 0 Å². The molecule has 1 heterocycles. The molecule has 0 bridgehead atoms. The van der Waals surface area contributed by atoms with E-state index in [9.17, 15) is 0 Å². The van der Waals surface area contributed by atoms with E-state index in [1.54, 1.807) is 0 Å². The second-order valence-electron chi connectivity index (χ2n) is 5.95. The molecule has 0 amide bonds. The van der Waals surface area contributed by atoms with Crippen LogP contribution in [-0.2, 0) is 12.8 Å². The Morgan fingerprint density at radius 3 is 2.90 bits per heavy atom. The number of nitrogens with one attached hydrogen (secondary N) is 1. The predicted octanol–water partition coefficient (Wildman–Crippen LogP) is 3.81. The fourth-order valence-electron chi connectivity index (χ4n) is 3.22. The van der Waals surface area contributed by atoms with Crippen LogP contribution in [-0.4, -0.2) is 16.1 Å². The third-order valence-corrected chi connectivity index (χ3v) is 4.39. The summed E-state index contributed by atoms with van der Waals surface area (Å²) in [6.45, 7) is 5.51. The van der Waals surface area contributed by atoms with Gasteiger partial charge < -0.3 is 9.88 Å². The van der Waals surface area contributed by atoms with Gasteiger partial charge in [-0.2, -0.15) is 0 Å². The Morgan fingerprint density at radius 1 is 1.24 bits per heavy atom. The summed E-state index contributed by atoms with van der Waals surface area (Å²) in [6, 6.07) is 9.07. The summed E-state index contributed by atoms with van der Waals surface area (Å²) in [7, 11) is 0. The van der Waals surface area contributed by atoms with Gasteiger partial charge in [0, 0.05) is 11.7 Å². The Bertz CT molecular complexity index is 600. The van der Waals surface area contributed by atoms with E-state index >= 15 is 0 Å². The summed E-state index contributed by atoms with van der Waals surface area (Å²) in [5.41, 5.74) is 5.35. The van der Waals surface area contributed by atoms with Crippen molar-refractivity contribution in [3.63, 3.8) is 0 Å². The highest BCUT2D eigenvalue weighted by molar-refractivity contribution is 5.45. The Balaban J connectivity index is 1.97. The lowest BCUT2D eigenvalue weighted by Crippen LogP contribution is -2.21. The van der Waals surface area contributed by atoms with Crippen LogP contribution in [0.5, 0.6) is 0 Å². The molecular formula is C18H25N3. The second kappa shape index (κ2) is 6.44. The molecular weight excluding hydrogens is 258 g/mol. The van der Waals surface area contributed by atoms with Crippen molar-refractivity contribution in [1.29, 1.82) is 0 Å². The van der Waals surface area contributed by atoms with Crippen molar-refractivity contribution in [2.75, 3.05) is 6.54 Å². The van der Waals surface area contributed by atoms with Crippen molar-refractivity contribution < 1.29 is 0 Å². The van der Waals surface area contributed by atoms with Gasteiger partial charge in [-0.05, 0) is 57.2 Å². The molecule has 3 nitrogen and oxygen atoms in total. The Morgan fingerprint density at radius 2 is 2.05 bits per heavy atom. The first-order valence-corrected chi connectivity index (χ1v) is 8.19. The number of rotatable bonds is 5. The number of hydrogen-bond donors (Lipinski definition) is 1. The minimum atomic E-state index is 0.364. The van der Waals surface area contributed by atoms with Crippen LogP contribution < -0.4 is 5.32 Å². The van der Waals surface area contributed by atoms with E-state index < -0.39 is 0 Å². The van der Waals surface area contributed by atoms with Gasteiger partial charge in [0.05, 0.1) is 17.7 Å². The summed E-state index contributed by atoms with van der Waals surface area (Å²) in [5, 5.41) is 3.60. The van der Waals surface area contributed by atoms with Gasteiger partial charge in [-0.15, -0.1) is 0 Å². The van der Waals surface area contributed by atoms with Crippen LogP contribution in [0.2, 0.25) is 0 Å². The molecule has 1 aromatic carbocycles. The smallest absolute Gasteiger partial charge is 0.0997 e. The normalized spacial score (nSPS) is 15.7. The molecule has 21 heavy (non-hydrogen) atoms. The molecule has 1 aliphatic rings. The van der Waals surface area contributed by atoms with E-state index in [1.807, 2.05) is 6.33 Å². The van der Waals surface area contributed by atoms with Gasteiger partial charge in [0.25, 0.3) is 0 Å². The highest BCUT2D eigenvalue weighted by Gasteiger charge is 2.18. The van der Waals surface area contributed by atoms with E-state index in [-0.39, 0.29) is 0 Å². The fraction of sp³-hybridized carbons (Fsp3) is 0.500. The molecule has 1 unspecified atom stereocenters. The maximum Gasteiger partial charge on any atom is 0.0997 e. The van der Waals surface area contributed by atoms with Gasteiger partial charge >= 0.3 is 0 Å². The lowest BCUT2D eigenvalue weighted by atomic mass is 10.00. The van der Waals surface area contributed by atoms with E-state index in [1.165, 1.54) is 35.5 Å². The molecule has 3 rings (SSSR count). The van der Waals surface area contributed by atoms with Gasteiger partial charge in [0.2, 0.25) is 0 Å². The molecule has 0 spiro atoms. The number of imidazole rings is 1. The van der Waals surface area contributed by atoms with Crippen LogP contribution in [0.1, 0.15) is 56.1 Å². The first-order valence-electron chi connectivity index (χ1n) is 8.19. The Hall–Kier alpha value is -1.61. The van der Waals surface area contributed by atoms with E-state index in [0.717, 1.165) is 25.8 Å². The number of nitrogens with zero attached hydrogens (tertiary/aromatic N) is 2. The number of fused-ring (bicyclic) bond motifs is 1. The number of benzene rings is 1. The summed E-state index contributed by atoms with van der Waals surface area (Å²) >= 11 is 0. The van der Waals surface area contributed by atoms with Crippen molar-refractivity contribution in [2.24, 2.45) is 0 Å². The van der Waals surface area contributed by atoms with Crippen LogP contribution in [0.15, 0.2) is 30.6 Å². The third kappa shape index (κ3) is 2.88. The van der Waals surface area contributed by atoms with Crippen LogP contribution in [0, 0.1) is 0 Å². The molecule has 0 radical (unpaired) electrons. The van der Waals surface area contributed by atoms with Gasteiger partial charge in [-0.25, -0.2) is 4.98 Å². The Labute approximate surface area is 127 Å². The molecule has 0 aliphatic heterocycles. The van der Waals surface area contributed by atoms with Crippen molar-refractivity contribution in [1.82, 2.24) is 14.9 Å². The van der Waals surface area contributed by atoms with Gasteiger partial charge in [-0.3, -0.25) is 0 Å². The maximum absolute atomic E-state index is 4.64. The molecule has 3 heteroatoms. The molecule has 0 saturated carbocycles. The second-order valence-corrected chi connectivity index (χ2v) is 5.95. The van der Waals surface area contributed by atoms with Crippen molar-refractivity contribution in [3.8, 4) is 5.69 Å². The van der Waals surface area contributed by atoms with E-state index in [4.69, 9.17) is 0 Å². The van der Waals surface area contributed by atoms with Crippen LogP contribution in [0.4, 0.5) is 0 Å². The summed E-state index contributed by atoms with van der Waals surface area (Å²) in [6.07, 6.45) is 8.02. The number of para-hydroxylation sites is 1. The quantitative estimate of drug-likeness (QED) is 0.904. The van der Waals surface area contributed by atoms with Crippen LogP contribution >= 0.6 is 0 Å². The first-order chi connectivity index (χ1) is 10.3. The number of aryl methyl sites for hydroxylation is 1. The van der Waals surface area contributed by atoms with Crippen molar-refractivity contribution >= 4 is 0 Å². The van der Waals surface area contributed by atoms with Gasteiger partial charge in [0.1, 0.15) is 0 Å². The topological polar surface area (TPSA) is 29.9 Å². The van der Waals surface area contributed by atoms with Crippen LogP contribution in [0.3, 0.4) is 0 Å². The highest BCUT2D eigenvalue weighted by atomic mass is 15.1. The zero-order valence-corrected chi connectivity index (χ0v) is 13.1. The lowest BCUT2D eigenvalue weighted by molar-refractivity contribution is 0.567. The van der Waals surface area contributed by atoms with E-state index in [2.05, 4.69) is 53.0 Å². The average Bonchev–Trinajstić information content (AvgIpc) is 2.96. The monoisotopic (exact) mass is 283 g/mol. The average molecular weight is 283 g/mol. The molecule has 2 aromatic rings. The summed E-state index contributed by atoms with van der Waals surface area (Å²) in [5.74, 6) is 0. The predicted molar refractivity (Wildman–Crippen MR) is 86.9 cm³/mol. The fourth-order valence-corrected chi connectivity index (χ4v) is 3.22. The highest BCUT2D eigenvalue weighted by Crippen LogP contribution is 2.27. The molecule has 1 N–H and O–H groups in total. The molecule has 112 valence electrons. The molecule has 0 fully saturated rings. The molecule has 1 aromatic heterocycles. The summed E-state index contributed by atoms with van der Waals surface area (Å²) < 4.78 is 2.31. The molecule has 1 aliphatic carbocycles. The lowest BCUT2D eigenvalue weighted by Gasteiger charge is -2.20. The zero-order chi connectivity index (χ0) is 14.7. The minimum absolute atomic E-state index is 0.364. The minimum Gasteiger partial charge on any atom is -0.310 e. The Kier molecular flexibility index (Phi) is 4.39. The largest absolute Gasteiger partial charge is 0.310 e. The molecule has 1 atom stereocenters. The van der Waals surface area contributed by atoms with Crippen molar-refractivity contribution in [2.45, 2.75) is 52.0 Å². The van der Waals surface area contributed by atoms with Crippen LogP contribution in [0.25, 0.3) is 5.69 Å². The first kappa shape index (κ1) is 14.3. The summed E-state index contributed by atoms with van der Waals surface area (Å²) in [4.78, 5) is 4.64. The SMILES string of the molecule is CCCNC(C)c1ccccc1-n1cnc2c1CCCC2. The van der Waals surface area contributed by atoms with E-state index in [0.29, 0.717) is 6.04 Å².